The lowest BCUT2D eigenvalue weighted by Crippen LogP contribution is -2.00. The van der Waals surface area contributed by atoms with Crippen LogP contribution in [0.25, 0.3) is 21.8 Å². The lowest BCUT2D eigenvalue weighted by Gasteiger charge is -2.03. The van der Waals surface area contributed by atoms with Crippen LogP contribution in [0.1, 0.15) is 17.3 Å². The first-order chi connectivity index (χ1) is 9.26. The second-order valence-corrected chi connectivity index (χ2v) is 4.82. The number of hydrogen-bond acceptors (Lipinski definition) is 1. The quantitative estimate of drug-likeness (QED) is 0.516. The number of carbonyl (C=O) groups is 1. The fraction of sp³-hybridized carbons (Fsp3) is 0.188. The average molecular weight is 272 g/mol. The number of halogens is 1. The van der Waals surface area contributed by atoms with E-state index in [9.17, 15) is 4.79 Å². The van der Waals surface area contributed by atoms with Crippen molar-refractivity contribution < 1.29 is 4.79 Å². The van der Waals surface area contributed by atoms with Crippen molar-refractivity contribution >= 4 is 39.2 Å². The van der Waals surface area contributed by atoms with Gasteiger partial charge in [0.15, 0.2) is 5.78 Å². The summed E-state index contributed by atoms with van der Waals surface area (Å²) in [6.07, 6.45) is 0. The zero-order chi connectivity index (χ0) is 13.4. The van der Waals surface area contributed by atoms with Crippen LogP contribution in [0.4, 0.5) is 0 Å². The number of rotatable bonds is 3. The highest BCUT2D eigenvalue weighted by Gasteiger charge is 2.11. The third-order valence-corrected chi connectivity index (χ3v) is 3.77. The summed E-state index contributed by atoms with van der Waals surface area (Å²) in [5.74, 6) is -0.00493. The van der Waals surface area contributed by atoms with Crippen LogP contribution >= 0.6 is 11.6 Å². The summed E-state index contributed by atoms with van der Waals surface area (Å²) >= 11 is 5.63. The molecule has 3 aromatic rings. The minimum atomic E-state index is -0.0307. The van der Waals surface area contributed by atoms with Gasteiger partial charge in [-0.1, -0.05) is 18.2 Å². The maximum absolute atomic E-state index is 11.7. The maximum atomic E-state index is 11.7. The minimum absolute atomic E-state index is 0.0257. The lowest BCUT2D eigenvalue weighted by molar-refractivity contribution is 0.102. The molecule has 0 amide bonds. The van der Waals surface area contributed by atoms with Crippen LogP contribution < -0.4 is 0 Å². The van der Waals surface area contributed by atoms with Crippen LogP contribution in [0.5, 0.6) is 0 Å². The van der Waals surface area contributed by atoms with Crippen LogP contribution in [0, 0.1) is 0 Å². The Kier molecular flexibility index (Phi) is 3.03. The van der Waals surface area contributed by atoms with E-state index >= 15 is 0 Å². The first kappa shape index (κ1) is 12.2. The van der Waals surface area contributed by atoms with Gasteiger partial charge in [-0.05, 0) is 31.2 Å². The van der Waals surface area contributed by atoms with E-state index in [2.05, 4.69) is 23.6 Å². The number of hydrogen-bond donors (Lipinski definition) is 0. The molecule has 2 aromatic carbocycles. The third kappa shape index (κ3) is 1.83. The second-order valence-electron chi connectivity index (χ2n) is 4.55. The Morgan fingerprint density at radius 1 is 1.11 bits per heavy atom. The van der Waals surface area contributed by atoms with Crippen molar-refractivity contribution in [3.8, 4) is 0 Å². The highest BCUT2D eigenvalue weighted by Crippen LogP contribution is 2.29. The molecule has 0 bridgehead atoms. The topological polar surface area (TPSA) is 22.0 Å². The normalized spacial score (nSPS) is 11.3. The molecular formula is C16H14ClNO. The number of benzene rings is 2. The van der Waals surface area contributed by atoms with Crippen molar-refractivity contribution in [1.29, 1.82) is 0 Å². The first-order valence-electron chi connectivity index (χ1n) is 6.36. The number of aryl methyl sites for hydroxylation is 1. The second kappa shape index (κ2) is 4.71. The van der Waals surface area contributed by atoms with Crippen LogP contribution in [0.15, 0.2) is 42.5 Å². The molecule has 0 atom stereocenters. The van der Waals surface area contributed by atoms with Gasteiger partial charge in [-0.25, -0.2) is 0 Å². The largest absolute Gasteiger partial charge is 0.341 e. The number of nitrogens with zero attached hydrogens (tertiary/aromatic N) is 1. The molecule has 0 radical (unpaired) electrons. The number of Topliss-reactive ketones (excluding diaryl/α,β-unsaturated/α-hetero) is 1. The first-order valence-corrected chi connectivity index (χ1v) is 6.90. The predicted molar refractivity (Wildman–Crippen MR) is 80.2 cm³/mol. The van der Waals surface area contributed by atoms with Gasteiger partial charge in [-0.15, -0.1) is 11.6 Å². The van der Waals surface area contributed by atoms with Gasteiger partial charge in [0.25, 0.3) is 0 Å². The Morgan fingerprint density at radius 2 is 1.84 bits per heavy atom. The molecule has 3 rings (SSSR count). The Hall–Kier alpha value is -1.80. The summed E-state index contributed by atoms with van der Waals surface area (Å²) in [6, 6.07) is 14.1. The molecule has 1 aromatic heterocycles. The molecule has 3 heteroatoms. The summed E-state index contributed by atoms with van der Waals surface area (Å²) in [7, 11) is 0. The molecule has 0 aliphatic heterocycles. The SMILES string of the molecule is CCn1c2ccccc2c2cc(C(=O)CCl)ccc21. The molecule has 19 heavy (non-hydrogen) atoms. The van der Waals surface area contributed by atoms with Crippen molar-refractivity contribution in [3.63, 3.8) is 0 Å². The van der Waals surface area contributed by atoms with E-state index in [1.165, 1.54) is 10.9 Å². The van der Waals surface area contributed by atoms with Crippen LogP contribution in [-0.2, 0) is 6.54 Å². The molecule has 2 nitrogen and oxygen atoms in total. The predicted octanol–water partition coefficient (Wildman–Crippen LogP) is 4.24. The lowest BCUT2D eigenvalue weighted by atomic mass is 10.1. The van der Waals surface area contributed by atoms with Gasteiger partial charge < -0.3 is 4.57 Å². The number of para-hydroxylation sites is 1. The minimum Gasteiger partial charge on any atom is -0.341 e. The van der Waals surface area contributed by atoms with Crippen molar-refractivity contribution in [3.05, 3.63) is 48.0 Å². The molecule has 96 valence electrons. The highest BCUT2D eigenvalue weighted by atomic mass is 35.5. The summed E-state index contributed by atoms with van der Waals surface area (Å²) in [6.45, 7) is 3.04. The van der Waals surface area contributed by atoms with Crippen molar-refractivity contribution in [2.75, 3.05) is 5.88 Å². The smallest absolute Gasteiger partial charge is 0.177 e. The Balaban J connectivity index is 2.39. The number of ketones is 1. The van der Waals surface area contributed by atoms with E-state index in [0.717, 1.165) is 17.4 Å². The van der Waals surface area contributed by atoms with Gasteiger partial charge in [0, 0.05) is 33.9 Å². The van der Waals surface area contributed by atoms with Gasteiger partial charge in [0.1, 0.15) is 0 Å². The molecule has 0 unspecified atom stereocenters. The van der Waals surface area contributed by atoms with Crippen molar-refractivity contribution in [2.45, 2.75) is 13.5 Å². The number of carbonyl (C=O) groups excluding carboxylic acids is 1. The van der Waals surface area contributed by atoms with E-state index in [4.69, 9.17) is 11.6 Å². The van der Waals surface area contributed by atoms with Crippen LogP contribution in [0.2, 0.25) is 0 Å². The fourth-order valence-corrected chi connectivity index (χ4v) is 2.80. The molecule has 0 aliphatic rings. The van der Waals surface area contributed by atoms with E-state index in [1.54, 1.807) is 0 Å². The number of alkyl halides is 1. The summed E-state index contributed by atoms with van der Waals surface area (Å²) in [5, 5.41) is 2.30. The summed E-state index contributed by atoms with van der Waals surface area (Å²) in [4.78, 5) is 11.7. The van der Waals surface area contributed by atoms with E-state index in [1.807, 2.05) is 30.3 Å². The van der Waals surface area contributed by atoms with Gasteiger partial charge in [0.2, 0.25) is 0 Å². The average Bonchev–Trinajstić information content (AvgIpc) is 2.79. The van der Waals surface area contributed by atoms with Crippen molar-refractivity contribution in [2.24, 2.45) is 0 Å². The molecular weight excluding hydrogens is 258 g/mol. The van der Waals surface area contributed by atoms with E-state index < -0.39 is 0 Å². The zero-order valence-corrected chi connectivity index (χ0v) is 11.4. The molecule has 0 N–H and O–H groups in total. The van der Waals surface area contributed by atoms with Crippen LogP contribution in [-0.4, -0.2) is 16.2 Å². The molecule has 0 fully saturated rings. The molecule has 0 saturated heterocycles. The van der Waals surface area contributed by atoms with Gasteiger partial charge >= 0.3 is 0 Å². The van der Waals surface area contributed by atoms with E-state index in [-0.39, 0.29) is 11.7 Å². The standard InChI is InChI=1S/C16H14ClNO/c1-2-18-14-6-4-3-5-12(14)13-9-11(16(19)10-17)7-8-15(13)18/h3-9H,2,10H2,1H3. The maximum Gasteiger partial charge on any atom is 0.177 e. The Morgan fingerprint density at radius 3 is 2.58 bits per heavy atom. The Bertz CT molecular complexity index is 773. The third-order valence-electron chi connectivity index (χ3n) is 3.53. The van der Waals surface area contributed by atoms with Crippen LogP contribution in [0.3, 0.4) is 0 Å². The summed E-state index contributed by atoms with van der Waals surface area (Å²) < 4.78 is 2.26. The summed E-state index contributed by atoms with van der Waals surface area (Å²) in [5.41, 5.74) is 3.05. The Labute approximate surface area is 116 Å². The van der Waals surface area contributed by atoms with E-state index in [0.29, 0.717) is 5.56 Å². The molecule has 0 aliphatic carbocycles. The fourth-order valence-electron chi connectivity index (χ4n) is 2.64. The molecule has 0 saturated carbocycles. The number of fused-ring (bicyclic) bond motifs is 3. The number of aromatic nitrogens is 1. The van der Waals surface area contributed by atoms with Gasteiger partial charge in [-0.2, -0.15) is 0 Å². The highest BCUT2D eigenvalue weighted by molar-refractivity contribution is 6.30. The molecule has 1 heterocycles. The van der Waals surface area contributed by atoms with Gasteiger partial charge in [-0.3, -0.25) is 4.79 Å². The zero-order valence-electron chi connectivity index (χ0n) is 10.7. The monoisotopic (exact) mass is 271 g/mol. The van der Waals surface area contributed by atoms with Crippen molar-refractivity contribution in [1.82, 2.24) is 4.57 Å². The van der Waals surface area contributed by atoms with Gasteiger partial charge in [0.05, 0.1) is 5.88 Å². The molecule has 0 spiro atoms.